The quantitative estimate of drug-likeness (QED) is 0.870. The lowest BCUT2D eigenvalue weighted by Gasteiger charge is -2.25. The average molecular weight is 328 g/mol. The van der Waals surface area contributed by atoms with E-state index in [1.807, 2.05) is 12.1 Å². The molecule has 1 fully saturated rings. The average Bonchev–Trinajstić information content (AvgIpc) is 2.86. The lowest BCUT2D eigenvalue weighted by Crippen LogP contribution is -2.29. The van der Waals surface area contributed by atoms with E-state index in [0.29, 0.717) is 12.6 Å². The first-order chi connectivity index (χ1) is 9.24. The van der Waals surface area contributed by atoms with Crippen LogP contribution < -0.4 is 4.74 Å². The van der Waals surface area contributed by atoms with Crippen LogP contribution in [0.1, 0.15) is 31.2 Å². The molecule has 1 atom stereocenters. The Morgan fingerprint density at radius 3 is 3.05 bits per heavy atom. The molecule has 1 aromatic carbocycles. The number of hydrogen-bond acceptors (Lipinski definition) is 3. The van der Waals surface area contributed by atoms with Gasteiger partial charge in [-0.25, -0.2) is 0 Å². The third-order valence-electron chi connectivity index (χ3n) is 3.82. The SMILES string of the molecule is COc1ccc(Br)c(CN2CCCC2CCCO)c1. The van der Waals surface area contributed by atoms with Crippen molar-refractivity contribution in [2.75, 3.05) is 20.3 Å². The Morgan fingerprint density at radius 2 is 2.32 bits per heavy atom. The Balaban J connectivity index is 2.03. The minimum absolute atomic E-state index is 0.299. The van der Waals surface area contributed by atoms with Crippen LogP contribution in [0, 0.1) is 0 Å². The highest BCUT2D eigenvalue weighted by molar-refractivity contribution is 9.10. The molecule has 0 radical (unpaired) electrons. The van der Waals surface area contributed by atoms with Gasteiger partial charge >= 0.3 is 0 Å². The highest BCUT2D eigenvalue weighted by atomic mass is 79.9. The number of likely N-dealkylation sites (tertiary alicyclic amines) is 1. The van der Waals surface area contributed by atoms with Gasteiger partial charge in [-0.15, -0.1) is 0 Å². The molecule has 2 rings (SSSR count). The molecule has 1 N–H and O–H groups in total. The normalized spacial score (nSPS) is 19.8. The van der Waals surface area contributed by atoms with E-state index < -0.39 is 0 Å². The first kappa shape index (κ1) is 14.8. The van der Waals surface area contributed by atoms with Gasteiger partial charge in [0.15, 0.2) is 0 Å². The summed E-state index contributed by atoms with van der Waals surface area (Å²) in [6.07, 6.45) is 4.51. The van der Waals surface area contributed by atoms with Crippen LogP contribution in [0.5, 0.6) is 5.75 Å². The third-order valence-corrected chi connectivity index (χ3v) is 4.59. The number of benzene rings is 1. The number of nitrogens with zero attached hydrogens (tertiary/aromatic N) is 1. The van der Waals surface area contributed by atoms with Crippen molar-refractivity contribution in [3.8, 4) is 5.75 Å². The van der Waals surface area contributed by atoms with E-state index in [9.17, 15) is 0 Å². The van der Waals surface area contributed by atoms with Crippen LogP contribution in [-0.4, -0.2) is 36.3 Å². The van der Waals surface area contributed by atoms with Crippen LogP contribution in [0.15, 0.2) is 22.7 Å². The summed E-state index contributed by atoms with van der Waals surface area (Å²) in [5.41, 5.74) is 1.27. The molecule has 0 amide bonds. The maximum atomic E-state index is 8.97. The fourth-order valence-electron chi connectivity index (χ4n) is 2.78. The molecule has 0 bridgehead atoms. The third kappa shape index (κ3) is 3.94. The van der Waals surface area contributed by atoms with Gasteiger partial charge in [0.25, 0.3) is 0 Å². The zero-order valence-corrected chi connectivity index (χ0v) is 13.0. The molecule has 1 aromatic rings. The lowest BCUT2D eigenvalue weighted by atomic mass is 10.1. The van der Waals surface area contributed by atoms with Crippen LogP contribution in [0.25, 0.3) is 0 Å². The minimum atomic E-state index is 0.299. The summed E-state index contributed by atoms with van der Waals surface area (Å²) in [5, 5.41) is 8.97. The molecule has 0 saturated carbocycles. The van der Waals surface area contributed by atoms with E-state index in [1.165, 1.54) is 18.4 Å². The highest BCUT2D eigenvalue weighted by Gasteiger charge is 2.24. The van der Waals surface area contributed by atoms with E-state index in [1.54, 1.807) is 7.11 Å². The minimum Gasteiger partial charge on any atom is -0.497 e. The second kappa shape index (κ2) is 7.27. The standard InChI is InChI=1S/C15H22BrNO2/c1-19-14-6-7-15(16)12(10-14)11-17-8-2-4-13(17)5-3-9-18/h6-7,10,13,18H,2-5,8-9,11H2,1H3. The molecular formula is C15H22BrNO2. The molecule has 3 nitrogen and oxygen atoms in total. The van der Waals surface area contributed by atoms with Gasteiger partial charge in [-0.1, -0.05) is 15.9 Å². The first-order valence-corrected chi connectivity index (χ1v) is 7.71. The van der Waals surface area contributed by atoms with E-state index in [2.05, 4.69) is 26.9 Å². The fourth-order valence-corrected chi connectivity index (χ4v) is 3.15. The van der Waals surface area contributed by atoms with Gasteiger partial charge in [0.05, 0.1) is 7.11 Å². The molecule has 1 aliphatic heterocycles. The van der Waals surface area contributed by atoms with Gasteiger partial charge in [0.1, 0.15) is 5.75 Å². The molecule has 4 heteroatoms. The first-order valence-electron chi connectivity index (χ1n) is 6.92. The number of rotatable bonds is 6. The van der Waals surface area contributed by atoms with Crippen molar-refractivity contribution in [3.05, 3.63) is 28.2 Å². The van der Waals surface area contributed by atoms with Crippen molar-refractivity contribution in [1.82, 2.24) is 4.90 Å². The largest absolute Gasteiger partial charge is 0.497 e. The summed E-state index contributed by atoms with van der Waals surface area (Å²) in [6, 6.07) is 6.74. The van der Waals surface area contributed by atoms with Gasteiger partial charge in [0, 0.05) is 23.7 Å². The van der Waals surface area contributed by atoms with E-state index >= 15 is 0 Å². The van der Waals surface area contributed by atoms with E-state index in [0.717, 1.165) is 36.2 Å². The van der Waals surface area contributed by atoms with Crippen LogP contribution >= 0.6 is 15.9 Å². The van der Waals surface area contributed by atoms with Gasteiger partial charge < -0.3 is 9.84 Å². The van der Waals surface area contributed by atoms with Crippen molar-refractivity contribution in [2.45, 2.75) is 38.3 Å². The molecule has 19 heavy (non-hydrogen) atoms. The maximum absolute atomic E-state index is 8.97. The number of halogens is 1. The summed E-state index contributed by atoms with van der Waals surface area (Å²) in [5.74, 6) is 0.907. The molecule has 1 aliphatic rings. The Bertz CT molecular complexity index is 411. The van der Waals surface area contributed by atoms with Crippen LogP contribution in [0.4, 0.5) is 0 Å². The maximum Gasteiger partial charge on any atom is 0.119 e. The summed E-state index contributed by atoms with van der Waals surface area (Å²) >= 11 is 3.62. The monoisotopic (exact) mass is 327 g/mol. The molecule has 1 saturated heterocycles. The number of methoxy groups -OCH3 is 1. The topological polar surface area (TPSA) is 32.7 Å². The molecule has 1 heterocycles. The summed E-state index contributed by atoms with van der Waals surface area (Å²) in [6.45, 7) is 2.40. The highest BCUT2D eigenvalue weighted by Crippen LogP contribution is 2.28. The predicted octanol–water partition coefficient (Wildman–Crippen LogP) is 3.19. The van der Waals surface area contributed by atoms with Crippen LogP contribution in [0.3, 0.4) is 0 Å². The Morgan fingerprint density at radius 1 is 1.47 bits per heavy atom. The molecule has 0 aliphatic carbocycles. The predicted molar refractivity (Wildman–Crippen MR) is 80.4 cm³/mol. The second-order valence-electron chi connectivity index (χ2n) is 5.09. The van der Waals surface area contributed by atoms with Gasteiger partial charge in [-0.3, -0.25) is 4.90 Å². The van der Waals surface area contributed by atoms with Crippen molar-refractivity contribution in [3.63, 3.8) is 0 Å². The second-order valence-corrected chi connectivity index (χ2v) is 5.94. The van der Waals surface area contributed by atoms with Gasteiger partial charge in [-0.05, 0) is 56.0 Å². The molecular weight excluding hydrogens is 306 g/mol. The van der Waals surface area contributed by atoms with Crippen molar-refractivity contribution >= 4 is 15.9 Å². The summed E-state index contributed by atoms with van der Waals surface area (Å²) in [4.78, 5) is 2.52. The Kier molecular flexibility index (Phi) is 5.67. The van der Waals surface area contributed by atoms with Crippen LogP contribution in [0.2, 0.25) is 0 Å². The summed E-state index contributed by atoms with van der Waals surface area (Å²) < 4.78 is 6.43. The fraction of sp³-hybridized carbons (Fsp3) is 0.600. The molecule has 106 valence electrons. The van der Waals surface area contributed by atoms with Gasteiger partial charge in [0.2, 0.25) is 0 Å². The molecule has 0 spiro atoms. The van der Waals surface area contributed by atoms with Crippen molar-refractivity contribution < 1.29 is 9.84 Å². The number of aliphatic hydroxyl groups is 1. The molecule has 1 unspecified atom stereocenters. The summed E-state index contributed by atoms with van der Waals surface area (Å²) in [7, 11) is 1.70. The zero-order chi connectivity index (χ0) is 13.7. The van der Waals surface area contributed by atoms with Crippen molar-refractivity contribution in [2.24, 2.45) is 0 Å². The zero-order valence-electron chi connectivity index (χ0n) is 11.4. The van der Waals surface area contributed by atoms with E-state index in [4.69, 9.17) is 9.84 Å². The number of hydrogen-bond donors (Lipinski definition) is 1. The Hall–Kier alpha value is -0.580. The number of aliphatic hydroxyl groups excluding tert-OH is 1. The lowest BCUT2D eigenvalue weighted by molar-refractivity contribution is 0.209. The molecule has 0 aromatic heterocycles. The van der Waals surface area contributed by atoms with Gasteiger partial charge in [-0.2, -0.15) is 0 Å². The van der Waals surface area contributed by atoms with Crippen molar-refractivity contribution in [1.29, 1.82) is 0 Å². The number of ether oxygens (including phenoxy) is 1. The van der Waals surface area contributed by atoms with Crippen LogP contribution in [-0.2, 0) is 6.54 Å². The smallest absolute Gasteiger partial charge is 0.119 e. The van der Waals surface area contributed by atoms with E-state index in [-0.39, 0.29) is 0 Å². The Labute approximate surface area is 123 Å².